The Hall–Kier alpha value is -2.47. The van der Waals surface area contributed by atoms with Crippen molar-refractivity contribution in [3.05, 3.63) is 59.4 Å². The minimum Gasteiger partial charge on any atom is -0.346 e. The minimum absolute atomic E-state index is 0.0112. The van der Waals surface area contributed by atoms with Crippen molar-refractivity contribution in [3.8, 4) is 0 Å². The topological polar surface area (TPSA) is 36.4 Å². The molecule has 0 bridgehead atoms. The van der Waals surface area contributed by atoms with Gasteiger partial charge in [-0.25, -0.2) is 9.37 Å². The van der Waals surface area contributed by atoms with E-state index < -0.39 is 0 Å². The number of amides is 1. The monoisotopic (exact) mass is 367 g/mol. The molecule has 26 heavy (non-hydrogen) atoms. The first-order chi connectivity index (χ1) is 12.7. The number of nitrogens with zero attached hydrogens (tertiary/aromatic N) is 3. The summed E-state index contributed by atoms with van der Waals surface area (Å²) < 4.78 is 14.7. The van der Waals surface area contributed by atoms with Gasteiger partial charge in [0.25, 0.3) is 0 Å². The largest absolute Gasteiger partial charge is 0.346 e. The minimum atomic E-state index is -0.287. The molecule has 1 saturated heterocycles. The normalized spacial score (nSPS) is 17.3. The van der Waals surface area contributed by atoms with Crippen LogP contribution in [0.5, 0.6) is 0 Å². The van der Waals surface area contributed by atoms with Crippen LogP contribution in [-0.4, -0.2) is 35.4 Å². The van der Waals surface area contributed by atoms with Crippen LogP contribution in [-0.2, 0) is 17.8 Å². The average Bonchev–Trinajstić information content (AvgIpc) is 3.05. The Morgan fingerprint density at radius 1 is 1.12 bits per heavy atom. The number of aromatic nitrogens is 1. The number of anilines is 1. The molecule has 1 aromatic heterocycles. The third-order valence-electron chi connectivity index (χ3n) is 5.30. The summed E-state index contributed by atoms with van der Waals surface area (Å²) >= 11 is 1.49. The van der Waals surface area contributed by atoms with E-state index in [0.717, 1.165) is 22.8 Å². The van der Waals surface area contributed by atoms with Gasteiger partial charge < -0.3 is 9.80 Å². The lowest BCUT2D eigenvalue weighted by Gasteiger charge is -2.41. The number of hydrogen-bond acceptors (Lipinski definition) is 4. The first-order valence-corrected chi connectivity index (χ1v) is 9.66. The number of thiazole rings is 1. The van der Waals surface area contributed by atoms with Crippen LogP contribution in [0.3, 0.4) is 0 Å². The zero-order chi connectivity index (χ0) is 17.7. The Morgan fingerprint density at radius 3 is 2.73 bits per heavy atom. The second kappa shape index (κ2) is 6.06. The number of para-hydroxylation sites is 1. The molecule has 0 radical (unpaired) electrons. The van der Waals surface area contributed by atoms with Crippen LogP contribution in [0.2, 0.25) is 0 Å². The van der Waals surface area contributed by atoms with Gasteiger partial charge in [0.05, 0.1) is 10.6 Å². The maximum absolute atomic E-state index is 13.8. The number of hydrogen-bond donors (Lipinski definition) is 0. The van der Waals surface area contributed by atoms with Gasteiger partial charge in [-0.15, -0.1) is 0 Å². The SMILES string of the molecule is O=C(C1CN(c2nc3c(F)cccc3s2)C1)N1CCc2ccccc2C1. The summed E-state index contributed by atoms with van der Waals surface area (Å²) in [6, 6.07) is 13.4. The Kier molecular flexibility index (Phi) is 3.67. The van der Waals surface area contributed by atoms with Gasteiger partial charge in [0.15, 0.2) is 5.13 Å². The van der Waals surface area contributed by atoms with Crippen molar-refractivity contribution in [1.29, 1.82) is 0 Å². The van der Waals surface area contributed by atoms with E-state index in [4.69, 9.17) is 0 Å². The van der Waals surface area contributed by atoms with E-state index in [2.05, 4.69) is 28.1 Å². The van der Waals surface area contributed by atoms with Gasteiger partial charge in [0.2, 0.25) is 5.91 Å². The number of benzene rings is 2. The molecule has 2 aromatic carbocycles. The number of rotatable bonds is 2. The van der Waals surface area contributed by atoms with E-state index >= 15 is 0 Å². The van der Waals surface area contributed by atoms with E-state index in [-0.39, 0.29) is 17.6 Å². The summed E-state index contributed by atoms with van der Waals surface area (Å²) in [4.78, 5) is 21.3. The molecule has 5 rings (SSSR count). The molecular weight excluding hydrogens is 349 g/mol. The Bertz CT molecular complexity index is 996. The number of carbonyl (C=O) groups excluding carboxylic acids is 1. The number of carbonyl (C=O) groups is 1. The quantitative estimate of drug-likeness (QED) is 0.696. The van der Waals surface area contributed by atoms with E-state index in [0.29, 0.717) is 25.2 Å². The molecule has 0 aliphatic carbocycles. The van der Waals surface area contributed by atoms with E-state index in [1.54, 1.807) is 6.07 Å². The Balaban J connectivity index is 1.26. The van der Waals surface area contributed by atoms with Crippen LogP contribution in [0.15, 0.2) is 42.5 Å². The van der Waals surface area contributed by atoms with Crippen molar-refractivity contribution >= 4 is 32.6 Å². The zero-order valence-electron chi connectivity index (χ0n) is 14.2. The first kappa shape index (κ1) is 15.8. The molecule has 3 aromatic rings. The van der Waals surface area contributed by atoms with Crippen molar-refractivity contribution in [2.75, 3.05) is 24.5 Å². The molecule has 1 fully saturated rings. The Morgan fingerprint density at radius 2 is 1.92 bits per heavy atom. The molecule has 0 unspecified atom stereocenters. The highest BCUT2D eigenvalue weighted by Crippen LogP contribution is 2.34. The summed E-state index contributed by atoms with van der Waals surface area (Å²) in [7, 11) is 0. The maximum atomic E-state index is 13.8. The summed E-state index contributed by atoms with van der Waals surface area (Å²) in [5.74, 6) is -0.0506. The van der Waals surface area contributed by atoms with Crippen LogP contribution in [0.25, 0.3) is 10.2 Å². The van der Waals surface area contributed by atoms with Crippen LogP contribution in [0.4, 0.5) is 9.52 Å². The zero-order valence-corrected chi connectivity index (χ0v) is 15.0. The van der Waals surface area contributed by atoms with Crippen LogP contribution >= 0.6 is 11.3 Å². The third-order valence-corrected chi connectivity index (χ3v) is 6.38. The number of fused-ring (bicyclic) bond motifs is 2. The van der Waals surface area contributed by atoms with Gasteiger partial charge in [-0.1, -0.05) is 41.7 Å². The summed E-state index contributed by atoms with van der Waals surface area (Å²) in [5.41, 5.74) is 3.03. The molecule has 4 nitrogen and oxygen atoms in total. The highest BCUT2D eigenvalue weighted by atomic mass is 32.1. The van der Waals surface area contributed by atoms with E-state index in [9.17, 15) is 9.18 Å². The van der Waals surface area contributed by atoms with Gasteiger partial charge in [0.1, 0.15) is 11.3 Å². The predicted molar refractivity (Wildman–Crippen MR) is 101 cm³/mol. The molecule has 0 atom stereocenters. The average molecular weight is 367 g/mol. The van der Waals surface area contributed by atoms with E-state index in [1.165, 1.54) is 28.5 Å². The van der Waals surface area contributed by atoms with E-state index in [1.807, 2.05) is 17.0 Å². The van der Waals surface area contributed by atoms with Crippen molar-refractivity contribution < 1.29 is 9.18 Å². The molecule has 1 amide bonds. The van der Waals surface area contributed by atoms with Crippen LogP contribution < -0.4 is 4.90 Å². The van der Waals surface area contributed by atoms with Gasteiger partial charge in [-0.05, 0) is 29.7 Å². The molecule has 0 saturated carbocycles. The molecule has 2 aliphatic rings. The summed E-state index contributed by atoms with van der Waals surface area (Å²) in [6.45, 7) is 2.83. The summed E-state index contributed by atoms with van der Waals surface area (Å²) in [5, 5.41) is 0.804. The first-order valence-electron chi connectivity index (χ1n) is 8.84. The third kappa shape index (κ3) is 2.56. The predicted octanol–water partition coefficient (Wildman–Crippen LogP) is 3.46. The van der Waals surface area contributed by atoms with Crippen molar-refractivity contribution in [3.63, 3.8) is 0 Å². The van der Waals surface area contributed by atoms with Gasteiger partial charge in [-0.2, -0.15) is 0 Å². The fourth-order valence-electron chi connectivity index (χ4n) is 3.77. The molecule has 6 heteroatoms. The second-order valence-corrected chi connectivity index (χ2v) is 7.97. The second-order valence-electron chi connectivity index (χ2n) is 6.96. The van der Waals surface area contributed by atoms with Crippen molar-refractivity contribution in [1.82, 2.24) is 9.88 Å². The number of halogens is 1. The highest BCUT2D eigenvalue weighted by Gasteiger charge is 2.37. The molecule has 0 spiro atoms. The van der Waals surface area contributed by atoms with Crippen molar-refractivity contribution in [2.24, 2.45) is 5.92 Å². The maximum Gasteiger partial charge on any atom is 0.229 e. The standard InChI is InChI=1S/C20H18FN3OS/c21-16-6-3-7-17-18(16)22-20(26-17)24-11-15(12-24)19(25)23-9-8-13-4-1-2-5-14(13)10-23/h1-7,15H,8-12H2. The molecule has 132 valence electrons. The molecule has 3 heterocycles. The van der Waals surface area contributed by atoms with Crippen LogP contribution in [0, 0.1) is 11.7 Å². The molecular formula is C20H18FN3OS. The highest BCUT2D eigenvalue weighted by molar-refractivity contribution is 7.22. The lowest BCUT2D eigenvalue weighted by atomic mass is 9.95. The lowest BCUT2D eigenvalue weighted by Crippen LogP contribution is -2.55. The van der Waals surface area contributed by atoms with Gasteiger partial charge >= 0.3 is 0 Å². The molecule has 0 N–H and O–H groups in total. The molecule has 2 aliphatic heterocycles. The Labute approximate surface area is 154 Å². The smallest absolute Gasteiger partial charge is 0.229 e. The lowest BCUT2D eigenvalue weighted by molar-refractivity contribution is -0.137. The summed E-state index contributed by atoms with van der Waals surface area (Å²) in [6.07, 6.45) is 0.926. The van der Waals surface area contributed by atoms with Crippen molar-refractivity contribution in [2.45, 2.75) is 13.0 Å². The fraction of sp³-hybridized carbons (Fsp3) is 0.300. The van der Waals surface area contributed by atoms with Gasteiger partial charge in [-0.3, -0.25) is 4.79 Å². The van der Waals surface area contributed by atoms with Gasteiger partial charge in [0, 0.05) is 26.2 Å². The van der Waals surface area contributed by atoms with Crippen LogP contribution in [0.1, 0.15) is 11.1 Å². The fourth-order valence-corrected chi connectivity index (χ4v) is 4.77.